The first-order valence-electron chi connectivity index (χ1n) is 12.2. The Balaban J connectivity index is 1.26. The summed E-state index contributed by atoms with van der Waals surface area (Å²) in [6.45, 7) is 1.53. The number of rotatable bonds is 7. The zero-order valence-electron chi connectivity index (χ0n) is 20.1. The molecule has 0 saturated carbocycles. The van der Waals surface area contributed by atoms with Crippen LogP contribution in [0.1, 0.15) is 21.6 Å². The van der Waals surface area contributed by atoms with Gasteiger partial charge in [-0.1, -0.05) is 84.9 Å². The molecule has 0 saturated heterocycles. The van der Waals surface area contributed by atoms with Gasteiger partial charge in [-0.25, -0.2) is 4.98 Å². The monoisotopic (exact) mass is 483 g/mol. The molecule has 37 heavy (non-hydrogen) atoms. The van der Waals surface area contributed by atoms with Crippen LogP contribution >= 0.6 is 0 Å². The van der Waals surface area contributed by atoms with Crippen molar-refractivity contribution in [3.63, 3.8) is 0 Å². The molecule has 0 bridgehead atoms. The number of fused-ring (bicyclic) bond motifs is 2. The van der Waals surface area contributed by atoms with Gasteiger partial charge < -0.3 is 9.88 Å². The van der Waals surface area contributed by atoms with Crippen molar-refractivity contribution in [1.29, 1.82) is 0 Å². The highest BCUT2D eigenvalue weighted by Crippen LogP contribution is 2.25. The van der Waals surface area contributed by atoms with Crippen LogP contribution in [-0.4, -0.2) is 20.9 Å². The highest BCUT2D eigenvalue weighted by Gasteiger charge is 2.14. The first-order valence-corrected chi connectivity index (χ1v) is 12.2. The Kier molecular flexibility index (Phi) is 6.05. The normalized spacial score (nSPS) is 11.0. The number of carbonyl (C=O) groups excluding carboxylic acids is 1. The van der Waals surface area contributed by atoms with E-state index in [1.807, 2.05) is 42.5 Å². The number of imidazole rings is 1. The number of H-pyrrole nitrogens is 1. The van der Waals surface area contributed by atoms with Crippen molar-refractivity contribution in [2.24, 2.45) is 0 Å². The molecule has 0 radical (unpaired) electrons. The quantitative estimate of drug-likeness (QED) is 0.269. The van der Waals surface area contributed by atoms with Gasteiger partial charge >= 0.3 is 0 Å². The van der Waals surface area contributed by atoms with Gasteiger partial charge in [0.25, 0.3) is 5.91 Å². The Bertz CT molecular complexity index is 1640. The topological polar surface area (TPSA) is 73.9 Å². The van der Waals surface area contributed by atoms with Crippen molar-refractivity contribution in [1.82, 2.24) is 15.0 Å². The van der Waals surface area contributed by atoms with Crippen molar-refractivity contribution >= 4 is 39.3 Å². The fraction of sp³-hybridized carbons (Fsp3) is 0.0645. The molecular formula is C31H25N5O. The number of hydrogen-bond acceptors (Lipinski definition) is 4. The average Bonchev–Trinajstić information content (AvgIpc) is 3.35. The fourth-order valence-electron chi connectivity index (χ4n) is 4.48. The van der Waals surface area contributed by atoms with Gasteiger partial charge in [0, 0.05) is 30.4 Å². The Morgan fingerprint density at radius 3 is 2.11 bits per heavy atom. The molecule has 2 heterocycles. The third kappa shape index (κ3) is 5.04. The standard InChI is InChI=1S/C31H25N5O/c37-30(29-17-24-13-7-8-14-25(24)19-32-29)35-31-33-27-16-15-26(18-28(27)34-31)36(20-22-9-3-1-4-10-22)21-23-11-5-2-6-12-23/h1-19H,20-21H2,(H2,33,34,35,37). The molecule has 0 fully saturated rings. The molecule has 0 aliphatic carbocycles. The predicted molar refractivity (Wildman–Crippen MR) is 149 cm³/mol. The predicted octanol–water partition coefficient (Wildman–Crippen LogP) is 6.57. The first kappa shape index (κ1) is 22.5. The number of aromatic nitrogens is 3. The second kappa shape index (κ2) is 9.95. The van der Waals surface area contributed by atoms with E-state index in [0.29, 0.717) is 11.6 Å². The Morgan fingerprint density at radius 2 is 1.41 bits per heavy atom. The molecular weight excluding hydrogens is 458 g/mol. The summed E-state index contributed by atoms with van der Waals surface area (Å²) < 4.78 is 0. The summed E-state index contributed by atoms with van der Waals surface area (Å²) in [4.78, 5) is 27.4. The van der Waals surface area contributed by atoms with Crippen LogP contribution in [0.25, 0.3) is 21.8 Å². The Hall–Kier alpha value is -4.97. The summed E-state index contributed by atoms with van der Waals surface area (Å²) in [6.07, 6.45) is 1.71. The van der Waals surface area contributed by atoms with Crippen LogP contribution in [0, 0.1) is 0 Å². The summed E-state index contributed by atoms with van der Waals surface area (Å²) in [5, 5.41) is 4.82. The van der Waals surface area contributed by atoms with Gasteiger partial charge in [-0.2, -0.15) is 0 Å². The second-order valence-corrected chi connectivity index (χ2v) is 8.98. The maximum Gasteiger partial charge on any atom is 0.276 e. The van der Waals surface area contributed by atoms with Gasteiger partial charge in [0.15, 0.2) is 0 Å². The maximum atomic E-state index is 12.9. The Morgan fingerprint density at radius 1 is 0.757 bits per heavy atom. The van der Waals surface area contributed by atoms with Crippen LogP contribution in [0.5, 0.6) is 0 Å². The Labute approximate surface area is 214 Å². The van der Waals surface area contributed by atoms with Crippen molar-refractivity contribution < 1.29 is 4.79 Å². The molecule has 0 aliphatic rings. The van der Waals surface area contributed by atoms with Crippen molar-refractivity contribution in [3.05, 3.63) is 132 Å². The highest BCUT2D eigenvalue weighted by molar-refractivity contribution is 6.04. The molecule has 4 aromatic carbocycles. The third-order valence-electron chi connectivity index (χ3n) is 6.36. The maximum absolute atomic E-state index is 12.9. The van der Waals surface area contributed by atoms with E-state index in [9.17, 15) is 4.79 Å². The van der Waals surface area contributed by atoms with E-state index in [1.165, 1.54) is 11.1 Å². The molecule has 6 nitrogen and oxygen atoms in total. The first-order chi connectivity index (χ1) is 18.2. The minimum atomic E-state index is -0.306. The summed E-state index contributed by atoms with van der Waals surface area (Å²) in [6, 6.07) is 36.6. The summed E-state index contributed by atoms with van der Waals surface area (Å²) in [5.41, 5.74) is 5.50. The SMILES string of the molecule is O=C(Nc1nc2cc(N(Cc3ccccc3)Cc3ccccc3)ccc2[nH]1)c1cc2ccccc2cn1. The molecule has 0 aliphatic heterocycles. The molecule has 0 spiro atoms. The van der Waals surface area contributed by atoms with Gasteiger partial charge in [0.1, 0.15) is 5.69 Å². The lowest BCUT2D eigenvalue weighted by Gasteiger charge is -2.25. The number of nitrogens with one attached hydrogen (secondary N) is 2. The van der Waals surface area contributed by atoms with Gasteiger partial charge in [0.05, 0.1) is 11.0 Å². The molecule has 180 valence electrons. The number of pyridine rings is 1. The van der Waals surface area contributed by atoms with E-state index in [-0.39, 0.29) is 5.91 Å². The number of anilines is 2. The van der Waals surface area contributed by atoms with Crippen molar-refractivity contribution in [2.45, 2.75) is 13.1 Å². The molecule has 6 rings (SSSR count). The minimum Gasteiger partial charge on any atom is -0.363 e. The molecule has 1 amide bonds. The third-order valence-corrected chi connectivity index (χ3v) is 6.36. The van der Waals surface area contributed by atoms with Crippen molar-refractivity contribution in [2.75, 3.05) is 10.2 Å². The molecule has 2 N–H and O–H groups in total. The number of aromatic amines is 1. The smallest absolute Gasteiger partial charge is 0.276 e. The van der Waals surface area contributed by atoms with Crippen LogP contribution < -0.4 is 10.2 Å². The lowest BCUT2D eigenvalue weighted by Crippen LogP contribution is -2.22. The summed E-state index contributed by atoms with van der Waals surface area (Å²) in [5.74, 6) is 0.0876. The lowest BCUT2D eigenvalue weighted by atomic mass is 10.1. The zero-order valence-corrected chi connectivity index (χ0v) is 20.1. The van der Waals surface area contributed by atoms with Crippen LogP contribution in [0.4, 0.5) is 11.6 Å². The number of nitrogens with zero attached hydrogens (tertiary/aromatic N) is 3. The van der Waals surface area contributed by atoms with Gasteiger partial charge in [-0.15, -0.1) is 0 Å². The van der Waals surface area contributed by atoms with E-state index in [4.69, 9.17) is 0 Å². The zero-order chi connectivity index (χ0) is 25.0. The second-order valence-electron chi connectivity index (χ2n) is 8.98. The van der Waals surface area contributed by atoms with Crippen molar-refractivity contribution in [3.8, 4) is 0 Å². The van der Waals surface area contributed by atoms with Crippen LogP contribution in [0.2, 0.25) is 0 Å². The number of hydrogen-bond donors (Lipinski definition) is 2. The van der Waals surface area contributed by atoms with Crippen LogP contribution in [-0.2, 0) is 13.1 Å². The molecule has 0 atom stereocenters. The highest BCUT2D eigenvalue weighted by atomic mass is 16.2. The molecule has 2 aromatic heterocycles. The average molecular weight is 484 g/mol. The molecule has 6 aromatic rings. The van der Waals surface area contributed by atoms with Crippen LogP contribution in [0.3, 0.4) is 0 Å². The van der Waals surface area contributed by atoms with E-state index < -0.39 is 0 Å². The van der Waals surface area contributed by atoms with Gasteiger partial charge in [-0.3, -0.25) is 15.1 Å². The van der Waals surface area contributed by atoms with E-state index in [2.05, 4.69) is 85.8 Å². The lowest BCUT2D eigenvalue weighted by molar-refractivity contribution is 0.102. The minimum absolute atomic E-state index is 0.306. The van der Waals surface area contributed by atoms with Crippen LogP contribution in [0.15, 0.2) is 115 Å². The van der Waals surface area contributed by atoms with Gasteiger partial charge in [0.2, 0.25) is 5.95 Å². The van der Waals surface area contributed by atoms with E-state index in [0.717, 1.165) is 40.6 Å². The van der Waals surface area contributed by atoms with E-state index >= 15 is 0 Å². The number of benzene rings is 4. The number of carbonyl (C=O) groups is 1. The van der Waals surface area contributed by atoms with E-state index in [1.54, 1.807) is 12.3 Å². The largest absolute Gasteiger partial charge is 0.363 e. The van der Waals surface area contributed by atoms with Gasteiger partial charge in [-0.05, 0) is 40.8 Å². The molecule has 6 heteroatoms. The fourth-order valence-corrected chi connectivity index (χ4v) is 4.48. The summed E-state index contributed by atoms with van der Waals surface area (Å²) >= 11 is 0. The summed E-state index contributed by atoms with van der Waals surface area (Å²) in [7, 11) is 0. The molecule has 0 unspecified atom stereocenters. The number of amides is 1.